The molecule has 0 atom stereocenters. The quantitative estimate of drug-likeness (QED) is 0.835. The summed E-state index contributed by atoms with van der Waals surface area (Å²) in [6, 6.07) is 5.68. The van der Waals surface area contributed by atoms with Crippen molar-refractivity contribution in [3.05, 3.63) is 29.3 Å². The van der Waals surface area contributed by atoms with Gasteiger partial charge >= 0.3 is 6.03 Å². The summed E-state index contributed by atoms with van der Waals surface area (Å²) >= 11 is 0. The van der Waals surface area contributed by atoms with Crippen LogP contribution in [-0.2, 0) is 11.2 Å². The third-order valence-corrected chi connectivity index (χ3v) is 5.73. The molecule has 1 aliphatic carbocycles. The van der Waals surface area contributed by atoms with Gasteiger partial charge in [-0.3, -0.25) is 9.59 Å². The zero-order valence-electron chi connectivity index (χ0n) is 15.5. The van der Waals surface area contributed by atoms with Gasteiger partial charge in [-0.15, -0.1) is 0 Å². The van der Waals surface area contributed by atoms with Crippen LogP contribution in [0.15, 0.2) is 18.2 Å². The van der Waals surface area contributed by atoms with Crippen LogP contribution >= 0.6 is 0 Å². The molecule has 0 unspecified atom stereocenters. The molecule has 1 saturated heterocycles. The molecule has 0 radical (unpaired) electrons. The Balaban J connectivity index is 1.36. The normalized spacial score (nSPS) is 20.2. The summed E-state index contributed by atoms with van der Waals surface area (Å²) in [7, 11) is 0. The number of carbonyl (C=O) groups excluding carboxylic acids is 3. The van der Waals surface area contributed by atoms with Crippen LogP contribution < -0.4 is 10.6 Å². The van der Waals surface area contributed by atoms with E-state index in [2.05, 4.69) is 10.6 Å². The summed E-state index contributed by atoms with van der Waals surface area (Å²) in [5.41, 5.74) is 2.27. The van der Waals surface area contributed by atoms with Crippen molar-refractivity contribution in [2.75, 3.05) is 31.5 Å². The largest absolute Gasteiger partial charge is 0.337 e. The van der Waals surface area contributed by atoms with Crippen LogP contribution in [0.25, 0.3) is 0 Å². The van der Waals surface area contributed by atoms with Crippen LogP contribution in [0.3, 0.4) is 0 Å². The second-order valence-electron chi connectivity index (χ2n) is 7.66. The fourth-order valence-electron chi connectivity index (χ4n) is 4.20. The molecular weight excluding hydrogens is 344 g/mol. The molecule has 1 saturated carbocycles. The van der Waals surface area contributed by atoms with E-state index in [1.165, 1.54) is 12.8 Å². The highest BCUT2D eigenvalue weighted by atomic mass is 16.2. The van der Waals surface area contributed by atoms with Gasteiger partial charge in [0.1, 0.15) is 0 Å². The monoisotopic (exact) mass is 370 g/mol. The number of rotatable bonds is 2. The lowest BCUT2D eigenvalue weighted by Gasteiger charge is -2.24. The molecule has 0 aromatic heterocycles. The van der Waals surface area contributed by atoms with E-state index in [0.717, 1.165) is 30.5 Å². The van der Waals surface area contributed by atoms with Crippen molar-refractivity contribution in [3.8, 4) is 0 Å². The lowest BCUT2D eigenvalue weighted by molar-refractivity contribution is -0.115. The molecule has 27 heavy (non-hydrogen) atoms. The van der Waals surface area contributed by atoms with Crippen LogP contribution in [0.2, 0.25) is 0 Å². The predicted octanol–water partition coefficient (Wildman–Crippen LogP) is 1.98. The minimum Gasteiger partial charge on any atom is -0.337 e. The summed E-state index contributed by atoms with van der Waals surface area (Å²) in [6.07, 6.45) is 5.62. The van der Waals surface area contributed by atoms with E-state index < -0.39 is 0 Å². The summed E-state index contributed by atoms with van der Waals surface area (Å²) in [5.74, 6) is -0.0662. The fraction of sp³-hybridized carbons (Fsp3) is 0.550. The lowest BCUT2D eigenvalue weighted by atomic mass is 10.1. The highest BCUT2D eigenvalue weighted by Crippen LogP contribution is 2.24. The number of amides is 4. The Hall–Kier alpha value is -2.57. The molecule has 0 spiro atoms. The van der Waals surface area contributed by atoms with Crippen LogP contribution in [-0.4, -0.2) is 59.9 Å². The van der Waals surface area contributed by atoms with Crippen molar-refractivity contribution in [2.24, 2.45) is 0 Å². The van der Waals surface area contributed by atoms with E-state index in [9.17, 15) is 14.4 Å². The number of carbonyl (C=O) groups is 3. The maximum atomic E-state index is 12.9. The number of hydrogen-bond donors (Lipinski definition) is 2. The van der Waals surface area contributed by atoms with Crippen molar-refractivity contribution in [3.63, 3.8) is 0 Å². The van der Waals surface area contributed by atoms with Crippen LogP contribution in [0.4, 0.5) is 10.5 Å². The maximum absolute atomic E-state index is 12.9. The van der Waals surface area contributed by atoms with E-state index >= 15 is 0 Å². The first-order valence-corrected chi connectivity index (χ1v) is 9.87. The third-order valence-electron chi connectivity index (χ3n) is 5.73. The average molecular weight is 370 g/mol. The summed E-state index contributed by atoms with van der Waals surface area (Å²) in [6.45, 7) is 2.39. The predicted molar refractivity (Wildman–Crippen MR) is 102 cm³/mol. The third kappa shape index (κ3) is 3.91. The number of nitrogens with one attached hydrogen (secondary N) is 2. The molecule has 1 aromatic carbocycles. The van der Waals surface area contributed by atoms with E-state index in [4.69, 9.17) is 0 Å². The van der Waals surface area contributed by atoms with Gasteiger partial charge in [0.25, 0.3) is 5.91 Å². The van der Waals surface area contributed by atoms with Crippen LogP contribution in [0.1, 0.15) is 48.0 Å². The zero-order chi connectivity index (χ0) is 18.8. The van der Waals surface area contributed by atoms with E-state index in [1.807, 2.05) is 15.9 Å². The molecule has 7 heteroatoms. The number of hydrogen-bond acceptors (Lipinski definition) is 3. The molecule has 0 bridgehead atoms. The number of anilines is 1. The second-order valence-corrected chi connectivity index (χ2v) is 7.66. The highest BCUT2D eigenvalue weighted by molar-refractivity contribution is 6.01. The number of nitrogens with zero attached hydrogens (tertiary/aromatic N) is 2. The van der Waals surface area contributed by atoms with Crippen LogP contribution in [0.5, 0.6) is 0 Å². The average Bonchev–Trinajstić information content (AvgIpc) is 3.21. The Morgan fingerprint density at radius 2 is 1.74 bits per heavy atom. The molecule has 144 valence electrons. The molecule has 2 heterocycles. The molecule has 2 fully saturated rings. The minimum absolute atomic E-state index is 0.00156. The molecular formula is C20H26N4O3. The molecule has 2 aliphatic heterocycles. The standard InChI is InChI=1S/C20H26N4O3/c25-18-13-15-12-14(6-7-17(15)22-18)19(26)23-8-3-9-24(11-10-23)20(27)21-16-4-1-2-5-16/h6-7,12,16H,1-5,8-11,13H2,(H,21,27)(H,22,25). The first kappa shape index (κ1) is 17.8. The number of urea groups is 1. The molecule has 3 aliphatic rings. The number of benzene rings is 1. The van der Waals surface area contributed by atoms with E-state index in [1.54, 1.807) is 12.1 Å². The van der Waals surface area contributed by atoms with Gasteiger partial charge < -0.3 is 20.4 Å². The van der Waals surface area contributed by atoms with Gasteiger partial charge in [-0.05, 0) is 43.0 Å². The van der Waals surface area contributed by atoms with Crippen molar-refractivity contribution < 1.29 is 14.4 Å². The summed E-state index contributed by atoms with van der Waals surface area (Å²) in [4.78, 5) is 40.5. The SMILES string of the molecule is O=C1Cc2cc(C(=O)N3CCCN(C(=O)NC4CCCC4)CC3)ccc2N1. The Labute approximate surface area is 159 Å². The Morgan fingerprint density at radius 1 is 1.00 bits per heavy atom. The Morgan fingerprint density at radius 3 is 2.56 bits per heavy atom. The first-order valence-electron chi connectivity index (χ1n) is 9.87. The first-order chi connectivity index (χ1) is 13.1. The lowest BCUT2D eigenvalue weighted by Crippen LogP contribution is -2.45. The van der Waals surface area contributed by atoms with Gasteiger partial charge in [0.2, 0.25) is 5.91 Å². The highest BCUT2D eigenvalue weighted by Gasteiger charge is 2.26. The molecule has 1 aromatic rings. The smallest absolute Gasteiger partial charge is 0.317 e. The van der Waals surface area contributed by atoms with Crippen molar-refractivity contribution in [2.45, 2.75) is 44.6 Å². The molecule has 7 nitrogen and oxygen atoms in total. The van der Waals surface area contributed by atoms with Crippen molar-refractivity contribution >= 4 is 23.5 Å². The minimum atomic E-state index is -0.0340. The van der Waals surface area contributed by atoms with Gasteiger partial charge in [0.05, 0.1) is 6.42 Å². The fourth-order valence-corrected chi connectivity index (χ4v) is 4.20. The summed E-state index contributed by atoms with van der Waals surface area (Å²) < 4.78 is 0. The van der Waals surface area contributed by atoms with E-state index in [0.29, 0.717) is 44.2 Å². The van der Waals surface area contributed by atoms with Crippen molar-refractivity contribution in [1.82, 2.24) is 15.1 Å². The molecule has 4 amide bonds. The Bertz CT molecular complexity index is 758. The van der Waals surface area contributed by atoms with Gasteiger partial charge in [0, 0.05) is 43.5 Å². The van der Waals surface area contributed by atoms with Crippen LogP contribution in [0, 0.1) is 0 Å². The molecule has 4 rings (SSSR count). The van der Waals surface area contributed by atoms with Gasteiger partial charge in [-0.2, -0.15) is 0 Å². The van der Waals surface area contributed by atoms with Gasteiger partial charge in [-0.25, -0.2) is 4.79 Å². The van der Waals surface area contributed by atoms with E-state index in [-0.39, 0.29) is 17.8 Å². The maximum Gasteiger partial charge on any atom is 0.317 e. The molecule has 2 N–H and O–H groups in total. The summed E-state index contributed by atoms with van der Waals surface area (Å²) in [5, 5.41) is 5.91. The van der Waals surface area contributed by atoms with Gasteiger partial charge in [-0.1, -0.05) is 12.8 Å². The second kappa shape index (κ2) is 7.58. The van der Waals surface area contributed by atoms with Gasteiger partial charge in [0.15, 0.2) is 0 Å². The number of fused-ring (bicyclic) bond motifs is 1. The zero-order valence-corrected chi connectivity index (χ0v) is 15.5. The topological polar surface area (TPSA) is 81.8 Å². The van der Waals surface area contributed by atoms with Crippen molar-refractivity contribution in [1.29, 1.82) is 0 Å². The Kier molecular flexibility index (Phi) is 5.01.